The third-order valence-electron chi connectivity index (χ3n) is 3.30. The van der Waals surface area contributed by atoms with Crippen LogP contribution in [0.1, 0.15) is 34.7 Å². The molecule has 2 aromatic rings. The first-order valence-electron chi connectivity index (χ1n) is 6.17. The van der Waals surface area contributed by atoms with Crippen LogP contribution in [0.2, 0.25) is 0 Å². The van der Waals surface area contributed by atoms with E-state index in [1.165, 1.54) is 0 Å². The van der Waals surface area contributed by atoms with Crippen LogP contribution >= 0.6 is 15.9 Å². The SMILES string of the molecule is Cc1ccc(C(=O)NC(C)c2cccc(Br)c2)n1C. The molecule has 1 heterocycles. The largest absolute Gasteiger partial charge is 0.344 e. The van der Waals surface area contributed by atoms with Crippen molar-refractivity contribution in [1.82, 2.24) is 9.88 Å². The third kappa shape index (κ3) is 3.07. The van der Waals surface area contributed by atoms with E-state index in [0.717, 1.165) is 15.7 Å². The monoisotopic (exact) mass is 320 g/mol. The summed E-state index contributed by atoms with van der Waals surface area (Å²) in [5.74, 6) is -0.0527. The summed E-state index contributed by atoms with van der Waals surface area (Å²) in [7, 11) is 1.90. The van der Waals surface area contributed by atoms with Crippen molar-refractivity contribution < 1.29 is 4.79 Å². The summed E-state index contributed by atoms with van der Waals surface area (Å²) in [5, 5.41) is 3.01. The molecule has 0 aliphatic carbocycles. The van der Waals surface area contributed by atoms with E-state index in [4.69, 9.17) is 0 Å². The molecule has 0 radical (unpaired) electrons. The van der Waals surface area contributed by atoms with Crippen molar-refractivity contribution >= 4 is 21.8 Å². The lowest BCUT2D eigenvalue weighted by atomic mass is 10.1. The number of carbonyl (C=O) groups is 1. The van der Waals surface area contributed by atoms with E-state index in [9.17, 15) is 4.79 Å². The van der Waals surface area contributed by atoms with Crippen LogP contribution in [0.3, 0.4) is 0 Å². The number of amides is 1. The van der Waals surface area contributed by atoms with Gasteiger partial charge in [-0.1, -0.05) is 28.1 Å². The molecule has 0 aliphatic heterocycles. The predicted octanol–water partition coefficient (Wildman–Crippen LogP) is 3.59. The van der Waals surface area contributed by atoms with Crippen LogP contribution in [-0.4, -0.2) is 10.5 Å². The Bertz CT molecular complexity index is 604. The van der Waals surface area contributed by atoms with Gasteiger partial charge in [0.15, 0.2) is 0 Å². The molecular formula is C15H17BrN2O. The Kier molecular flexibility index (Phi) is 4.10. The molecule has 3 nitrogen and oxygen atoms in total. The van der Waals surface area contributed by atoms with Crippen LogP contribution < -0.4 is 5.32 Å². The lowest BCUT2D eigenvalue weighted by molar-refractivity contribution is 0.0931. The fraction of sp³-hybridized carbons (Fsp3) is 0.267. The van der Waals surface area contributed by atoms with E-state index in [-0.39, 0.29) is 11.9 Å². The van der Waals surface area contributed by atoms with Crippen molar-refractivity contribution in [2.75, 3.05) is 0 Å². The van der Waals surface area contributed by atoms with Crippen molar-refractivity contribution in [2.24, 2.45) is 7.05 Å². The van der Waals surface area contributed by atoms with Crippen molar-refractivity contribution in [3.63, 3.8) is 0 Å². The zero-order valence-corrected chi connectivity index (χ0v) is 12.9. The number of hydrogen-bond acceptors (Lipinski definition) is 1. The molecule has 1 aromatic heterocycles. The van der Waals surface area contributed by atoms with Crippen LogP contribution in [0.4, 0.5) is 0 Å². The molecule has 0 saturated heterocycles. The summed E-state index contributed by atoms with van der Waals surface area (Å²) in [5.41, 5.74) is 2.83. The van der Waals surface area contributed by atoms with Crippen LogP contribution in [0.25, 0.3) is 0 Å². The molecule has 1 aromatic carbocycles. The van der Waals surface area contributed by atoms with Gasteiger partial charge >= 0.3 is 0 Å². The van der Waals surface area contributed by atoms with Crippen LogP contribution in [-0.2, 0) is 7.05 Å². The Labute approximate surface area is 121 Å². The number of nitrogens with one attached hydrogen (secondary N) is 1. The summed E-state index contributed by atoms with van der Waals surface area (Å²) >= 11 is 3.44. The number of hydrogen-bond donors (Lipinski definition) is 1. The van der Waals surface area contributed by atoms with E-state index < -0.39 is 0 Å². The first-order chi connectivity index (χ1) is 8.99. The maximum Gasteiger partial charge on any atom is 0.268 e. The molecular weight excluding hydrogens is 304 g/mol. The molecule has 1 atom stereocenters. The molecule has 1 N–H and O–H groups in total. The molecule has 2 rings (SSSR count). The number of nitrogens with zero attached hydrogens (tertiary/aromatic N) is 1. The minimum atomic E-state index is -0.0527. The zero-order chi connectivity index (χ0) is 14.0. The summed E-state index contributed by atoms with van der Waals surface area (Å²) in [6.45, 7) is 3.96. The van der Waals surface area contributed by atoms with Crippen molar-refractivity contribution in [2.45, 2.75) is 19.9 Å². The molecule has 0 saturated carbocycles. The predicted molar refractivity (Wildman–Crippen MR) is 80.2 cm³/mol. The van der Waals surface area contributed by atoms with Crippen molar-refractivity contribution in [3.05, 3.63) is 57.8 Å². The van der Waals surface area contributed by atoms with E-state index in [0.29, 0.717) is 5.69 Å². The maximum absolute atomic E-state index is 12.2. The quantitative estimate of drug-likeness (QED) is 0.921. The van der Waals surface area contributed by atoms with Crippen LogP contribution in [0.15, 0.2) is 40.9 Å². The zero-order valence-electron chi connectivity index (χ0n) is 11.3. The van der Waals surface area contributed by atoms with E-state index in [2.05, 4.69) is 21.2 Å². The summed E-state index contributed by atoms with van der Waals surface area (Å²) in [4.78, 5) is 12.2. The van der Waals surface area contributed by atoms with Crippen LogP contribution in [0, 0.1) is 6.92 Å². The number of halogens is 1. The molecule has 1 amide bonds. The Hall–Kier alpha value is -1.55. The molecule has 0 bridgehead atoms. The molecule has 4 heteroatoms. The normalized spacial score (nSPS) is 12.2. The highest BCUT2D eigenvalue weighted by atomic mass is 79.9. The van der Waals surface area contributed by atoms with Gasteiger partial charge in [-0.25, -0.2) is 0 Å². The van der Waals surface area contributed by atoms with Gasteiger partial charge < -0.3 is 9.88 Å². The van der Waals surface area contributed by atoms with Gasteiger partial charge in [0.25, 0.3) is 5.91 Å². The van der Waals surface area contributed by atoms with Gasteiger partial charge in [0.1, 0.15) is 5.69 Å². The number of aryl methyl sites for hydroxylation is 1. The van der Waals surface area contributed by atoms with Crippen molar-refractivity contribution in [1.29, 1.82) is 0 Å². The average Bonchev–Trinajstić information content (AvgIpc) is 2.70. The second kappa shape index (κ2) is 5.61. The number of aromatic nitrogens is 1. The van der Waals surface area contributed by atoms with Gasteiger partial charge in [-0.3, -0.25) is 4.79 Å². The second-order valence-corrected chi connectivity index (χ2v) is 5.58. The van der Waals surface area contributed by atoms with Gasteiger partial charge in [-0.2, -0.15) is 0 Å². The Morgan fingerprint density at radius 3 is 2.63 bits per heavy atom. The Balaban J connectivity index is 2.13. The molecule has 100 valence electrons. The first kappa shape index (κ1) is 13.9. The smallest absolute Gasteiger partial charge is 0.268 e. The molecule has 1 unspecified atom stereocenters. The van der Waals surface area contributed by atoms with E-state index >= 15 is 0 Å². The highest BCUT2D eigenvalue weighted by Gasteiger charge is 2.14. The van der Waals surface area contributed by atoms with E-state index in [1.54, 1.807) is 0 Å². The first-order valence-corrected chi connectivity index (χ1v) is 6.97. The summed E-state index contributed by atoms with van der Waals surface area (Å²) in [6, 6.07) is 11.7. The summed E-state index contributed by atoms with van der Waals surface area (Å²) < 4.78 is 2.91. The minimum absolute atomic E-state index is 0.0276. The highest BCUT2D eigenvalue weighted by molar-refractivity contribution is 9.10. The van der Waals surface area contributed by atoms with Gasteiger partial charge in [0.2, 0.25) is 0 Å². The Morgan fingerprint density at radius 2 is 2.05 bits per heavy atom. The number of rotatable bonds is 3. The van der Waals surface area contributed by atoms with Gasteiger partial charge in [0, 0.05) is 17.2 Å². The van der Waals surface area contributed by atoms with E-state index in [1.807, 2.05) is 61.9 Å². The van der Waals surface area contributed by atoms with Gasteiger partial charge in [0.05, 0.1) is 6.04 Å². The fourth-order valence-electron chi connectivity index (χ4n) is 1.97. The van der Waals surface area contributed by atoms with Crippen LogP contribution in [0.5, 0.6) is 0 Å². The highest BCUT2D eigenvalue weighted by Crippen LogP contribution is 2.18. The molecule has 0 spiro atoms. The standard InChI is InChI=1S/C15H17BrN2O/c1-10-7-8-14(18(10)3)15(19)17-11(2)12-5-4-6-13(16)9-12/h4-9,11H,1-3H3,(H,17,19). The minimum Gasteiger partial charge on any atom is -0.344 e. The third-order valence-corrected chi connectivity index (χ3v) is 3.79. The fourth-order valence-corrected chi connectivity index (χ4v) is 2.39. The Morgan fingerprint density at radius 1 is 1.32 bits per heavy atom. The molecule has 0 aliphatic rings. The average molecular weight is 321 g/mol. The topological polar surface area (TPSA) is 34.0 Å². The van der Waals surface area contributed by atoms with Gasteiger partial charge in [-0.05, 0) is 43.7 Å². The molecule has 19 heavy (non-hydrogen) atoms. The lowest BCUT2D eigenvalue weighted by Crippen LogP contribution is -2.28. The number of benzene rings is 1. The lowest BCUT2D eigenvalue weighted by Gasteiger charge is -2.15. The molecule has 0 fully saturated rings. The second-order valence-electron chi connectivity index (χ2n) is 4.67. The maximum atomic E-state index is 12.2. The van der Waals surface area contributed by atoms with Gasteiger partial charge in [-0.15, -0.1) is 0 Å². The number of carbonyl (C=O) groups excluding carboxylic acids is 1. The summed E-state index contributed by atoms with van der Waals surface area (Å²) in [6.07, 6.45) is 0. The van der Waals surface area contributed by atoms with Crippen molar-refractivity contribution in [3.8, 4) is 0 Å².